The Morgan fingerprint density at radius 2 is 0.667 bits per heavy atom. The van der Waals surface area contributed by atoms with Crippen molar-refractivity contribution >= 4 is 0 Å². The lowest BCUT2D eigenvalue weighted by molar-refractivity contribution is -0.288. The van der Waals surface area contributed by atoms with Crippen LogP contribution in [0.2, 0.25) is 0 Å². The van der Waals surface area contributed by atoms with Crippen molar-refractivity contribution in [1.29, 1.82) is 0 Å². The number of aliphatic hydroxyl groups excluding tert-OH is 3. The highest BCUT2D eigenvalue weighted by atomic mass is 19.4. The van der Waals surface area contributed by atoms with E-state index in [1.54, 1.807) is 0 Å². The number of benzene rings is 5. The first kappa shape index (κ1) is 45.1. The fourth-order valence-corrected chi connectivity index (χ4v) is 7.55. The summed E-state index contributed by atoms with van der Waals surface area (Å²) in [5, 5.41) is 145. The van der Waals surface area contributed by atoms with Crippen LogP contribution in [0.3, 0.4) is 0 Å². The molecule has 0 heterocycles. The zero-order chi connectivity index (χ0) is 46.7. The summed E-state index contributed by atoms with van der Waals surface area (Å²) in [5.41, 5.74) is -12.8. The molecule has 14 nitrogen and oxygen atoms in total. The summed E-state index contributed by atoms with van der Waals surface area (Å²) >= 11 is 0. The molecule has 0 aliphatic heterocycles. The Labute approximate surface area is 350 Å². The number of hydrogen-bond donors (Lipinski definition) is 14. The second kappa shape index (κ2) is 16.1. The summed E-state index contributed by atoms with van der Waals surface area (Å²) in [5.74, 6) is -12.7. The summed E-state index contributed by atoms with van der Waals surface area (Å²) in [7, 11) is 0. The van der Waals surface area contributed by atoms with Gasteiger partial charge >= 0.3 is 12.4 Å². The van der Waals surface area contributed by atoms with Gasteiger partial charge in [-0.05, 0) is 70.2 Å². The molecular weight excluding hydrogens is 854 g/mol. The van der Waals surface area contributed by atoms with Crippen LogP contribution in [0.15, 0.2) is 84.3 Å². The topological polar surface area (TPSA) is 283 Å². The average molecular weight is 891 g/mol. The molecule has 14 N–H and O–H groups in total. The Hall–Kier alpha value is -7.48. The highest BCUT2D eigenvalue weighted by Gasteiger charge is 2.73. The molecule has 0 amide bonds. The van der Waals surface area contributed by atoms with E-state index in [4.69, 9.17) is 0 Å². The van der Waals surface area contributed by atoms with Crippen LogP contribution < -0.4 is 0 Å². The zero-order valence-corrected chi connectivity index (χ0v) is 31.9. The van der Waals surface area contributed by atoms with Gasteiger partial charge in [-0.1, -0.05) is 24.3 Å². The van der Waals surface area contributed by atoms with E-state index in [0.717, 1.165) is 30.4 Å². The molecule has 0 saturated carbocycles. The van der Waals surface area contributed by atoms with E-state index >= 15 is 26.3 Å². The van der Waals surface area contributed by atoms with E-state index in [-0.39, 0.29) is 0 Å². The van der Waals surface area contributed by atoms with Crippen molar-refractivity contribution in [2.75, 3.05) is 0 Å². The number of aliphatic hydroxyl groups is 3. The van der Waals surface area contributed by atoms with E-state index in [1.807, 2.05) is 0 Å². The molecule has 0 spiro atoms. The molecule has 20 heteroatoms. The lowest BCUT2D eigenvalue weighted by Crippen LogP contribution is -2.55. The van der Waals surface area contributed by atoms with Crippen LogP contribution in [-0.2, 0) is 31.1 Å². The van der Waals surface area contributed by atoms with Gasteiger partial charge in [0.15, 0.2) is 46.0 Å². The monoisotopic (exact) mass is 890 g/mol. The second-order valence-electron chi connectivity index (χ2n) is 14.9. The lowest BCUT2D eigenvalue weighted by atomic mass is 9.70. The molecule has 63 heavy (non-hydrogen) atoms. The number of alkyl halides is 6. The molecule has 334 valence electrons. The van der Waals surface area contributed by atoms with Crippen LogP contribution in [-0.4, -0.2) is 89.9 Å². The highest BCUT2D eigenvalue weighted by molar-refractivity contribution is 5.60. The van der Waals surface area contributed by atoms with Crippen LogP contribution in [0.4, 0.5) is 26.3 Å². The molecule has 0 saturated heterocycles. The third kappa shape index (κ3) is 8.31. The molecule has 6 rings (SSSR count). The summed E-state index contributed by atoms with van der Waals surface area (Å²) in [6.45, 7) is 0. The molecule has 2 atom stereocenters. The predicted molar refractivity (Wildman–Crippen MR) is 206 cm³/mol. The van der Waals surface area contributed by atoms with Crippen LogP contribution in [0.25, 0.3) is 0 Å². The Morgan fingerprint density at radius 3 is 1.02 bits per heavy atom. The second-order valence-corrected chi connectivity index (χ2v) is 14.9. The summed E-state index contributed by atoms with van der Waals surface area (Å²) in [6.07, 6.45) is -16.5. The number of phenolic OH excluding ortho intramolecular Hbond substituents is 11. The molecule has 1 aliphatic carbocycles. The van der Waals surface area contributed by atoms with Crippen molar-refractivity contribution in [3.8, 4) is 63.2 Å². The van der Waals surface area contributed by atoms with Crippen molar-refractivity contribution < 1.29 is 97.8 Å². The van der Waals surface area contributed by atoms with E-state index in [1.165, 1.54) is 0 Å². The molecule has 0 aromatic heterocycles. The highest BCUT2D eigenvalue weighted by Crippen LogP contribution is 2.58. The normalized spacial score (nSPS) is 15.9. The minimum atomic E-state index is -6.42. The third-order valence-corrected chi connectivity index (χ3v) is 10.8. The quantitative estimate of drug-likeness (QED) is 0.0380. The SMILES string of the molecule is OC1=CC(O)C(Cc2cc(C(c3cc(Cc4cc(O)c(O)cc4O)c(O)c(Cc4cc(O)c(O)cc4O)c3)(C(F)(F)F)C(F)(F)F)cc(Cc3cc(O)c(O)cc3O)c2O)C=C1O. The molecule has 0 bridgehead atoms. The molecular formula is C43H36F6O14. The van der Waals surface area contributed by atoms with Crippen molar-refractivity contribution in [3.63, 3.8) is 0 Å². The molecule has 5 aromatic rings. The Morgan fingerprint density at radius 1 is 0.365 bits per heavy atom. The first-order chi connectivity index (χ1) is 29.2. The van der Waals surface area contributed by atoms with E-state index in [9.17, 15) is 71.5 Å². The fourth-order valence-electron chi connectivity index (χ4n) is 7.55. The third-order valence-electron chi connectivity index (χ3n) is 10.8. The molecule has 2 unspecified atom stereocenters. The van der Waals surface area contributed by atoms with E-state index in [2.05, 4.69) is 0 Å². The van der Waals surface area contributed by atoms with Crippen molar-refractivity contribution in [3.05, 3.63) is 134 Å². The van der Waals surface area contributed by atoms with E-state index in [0.29, 0.717) is 42.5 Å². The Balaban J connectivity index is 1.70. The largest absolute Gasteiger partial charge is 0.508 e. The van der Waals surface area contributed by atoms with Gasteiger partial charge in [-0.2, -0.15) is 26.3 Å². The van der Waals surface area contributed by atoms with Gasteiger partial charge in [-0.25, -0.2) is 0 Å². The maximum Gasteiger partial charge on any atom is 0.411 e. The molecule has 0 fully saturated rings. The van der Waals surface area contributed by atoms with Gasteiger partial charge in [-0.3, -0.25) is 0 Å². The lowest BCUT2D eigenvalue weighted by Gasteiger charge is -2.39. The van der Waals surface area contributed by atoms with E-state index < -0.39 is 180 Å². The first-order valence-corrected chi connectivity index (χ1v) is 18.3. The summed E-state index contributed by atoms with van der Waals surface area (Å²) in [6, 6.07) is 5.22. The Kier molecular flexibility index (Phi) is 11.5. The van der Waals surface area contributed by atoms with Crippen LogP contribution in [0, 0.1) is 5.92 Å². The van der Waals surface area contributed by atoms with Gasteiger partial charge < -0.3 is 71.5 Å². The Bertz CT molecular complexity index is 2590. The predicted octanol–water partition coefficient (Wildman–Crippen LogP) is 7.05. The summed E-state index contributed by atoms with van der Waals surface area (Å²) in [4.78, 5) is 0. The average Bonchev–Trinajstić information content (AvgIpc) is 3.16. The van der Waals surface area contributed by atoms with Crippen LogP contribution >= 0.6 is 0 Å². The molecule has 5 aromatic carbocycles. The maximum atomic E-state index is 16.1. The van der Waals surface area contributed by atoms with Gasteiger partial charge in [0.2, 0.25) is 5.41 Å². The smallest absolute Gasteiger partial charge is 0.411 e. The van der Waals surface area contributed by atoms with Crippen LogP contribution in [0.1, 0.15) is 50.1 Å². The van der Waals surface area contributed by atoms with Crippen LogP contribution in [0.5, 0.6) is 63.2 Å². The minimum absolute atomic E-state index is 0.298. The van der Waals surface area contributed by atoms with Gasteiger partial charge in [0.05, 0.1) is 6.10 Å². The van der Waals surface area contributed by atoms with Gasteiger partial charge in [0.25, 0.3) is 0 Å². The fraction of sp³-hybridized carbons (Fsp3) is 0.209. The minimum Gasteiger partial charge on any atom is -0.508 e. The molecule has 0 radical (unpaired) electrons. The van der Waals surface area contributed by atoms with Gasteiger partial charge in [0.1, 0.15) is 28.7 Å². The van der Waals surface area contributed by atoms with Gasteiger partial charge in [-0.15, -0.1) is 0 Å². The number of hydrogen-bond acceptors (Lipinski definition) is 14. The zero-order valence-electron chi connectivity index (χ0n) is 31.9. The standard InChI is InChI=1S/C43H36F6O14/c44-42(45,46)41(43(47,48)49,25-5-21(1-17-9-31(54)35(58)13-27(17)50)39(62)22(6-25)2-18-10-32(55)36(59)14-28(18)51)26-7-23(3-19-11-33(56)37(60)15-29(19)52)40(63)24(8-26)4-20-12-34(57)38(61)16-30(20)53/h5-17,27,50-63H,1-4H2. The van der Waals surface area contributed by atoms with Crippen molar-refractivity contribution in [2.24, 2.45) is 5.92 Å². The van der Waals surface area contributed by atoms with Crippen molar-refractivity contribution in [1.82, 2.24) is 0 Å². The number of halogens is 6. The molecule has 1 aliphatic rings. The van der Waals surface area contributed by atoms with Gasteiger partial charge in [0, 0.05) is 60.1 Å². The number of phenols is 11. The maximum absolute atomic E-state index is 16.1. The van der Waals surface area contributed by atoms with Crippen molar-refractivity contribution in [2.45, 2.75) is 49.6 Å². The number of rotatable bonds is 10. The number of aromatic hydroxyl groups is 11. The summed E-state index contributed by atoms with van der Waals surface area (Å²) < 4.78 is 96.5. The first-order valence-electron chi connectivity index (χ1n) is 18.3.